The minimum Gasteiger partial charge on any atom is -0.208 e. The van der Waals surface area contributed by atoms with Crippen molar-refractivity contribution >= 4 is 63.0 Å². The summed E-state index contributed by atoms with van der Waals surface area (Å²) in [5.41, 5.74) is 12.0. The van der Waals surface area contributed by atoms with Crippen molar-refractivity contribution in [3.05, 3.63) is 212 Å². The van der Waals surface area contributed by atoms with Crippen LogP contribution in [0.15, 0.2) is 212 Å². The molecule has 5 heteroatoms. The molecule has 0 unspecified atom stereocenters. The summed E-state index contributed by atoms with van der Waals surface area (Å²) >= 11 is 3.67. The number of thiophene rings is 2. The van der Waals surface area contributed by atoms with Gasteiger partial charge in [0.1, 0.15) is 0 Å². The predicted molar refractivity (Wildman–Crippen MR) is 264 cm³/mol. The van der Waals surface area contributed by atoms with Gasteiger partial charge in [-0.25, -0.2) is 15.0 Å². The monoisotopic (exact) mass is 825 g/mol. The second-order valence-corrected chi connectivity index (χ2v) is 17.7. The Labute approximate surface area is 366 Å². The Balaban J connectivity index is 1.03. The molecule has 0 saturated heterocycles. The molecule has 0 aliphatic rings. The Morgan fingerprint density at radius 2 is 0.694 bits per heavy atom. The summed E-state index contributed by atoms with van der Waals surface area (Å²) in [6.45, 7) is 0. The number of hydrogen-bond acceptors (Lipinski definition) is 5. The summed E-state index contributed by atoms with van der Waals surface area (Å²) < 4.78 is 5.11. The number of rotatable bonds is 7. The summed E-state index contributed by atoms with van der Waals surface area (Å²) in [4.78, 5) is 15.8. The SMILES string of the molecule is c1ccc(-c2ccc(-c3ccc(-c4nc(-c5ccccc5)nc(-c5cc(-c6ccc7sc8ccccc8c7c6)ccc5-c5cccc6sc7ccccc7c56)n4)cc3)cc2)cc1. The van der Waals surface area contributed by atoms with E-state index in [4.69, 9.17) is 15.0 Å². The van der Waals surface area contributed by atoms with E-state index in [1.165, 1.54) is 51.5 Å². The van der Waals surface area contributed by atoms with Gasteiger partial charge in [0.05, 0.1) is 0 Å². The lowest BCUT2D eigenvalue weighted by Crippen LogP contribution is -2.01. The molecular formula is C57H35N3S2. The van der Waals surface area contributed by atoms with Gasteiger partial charge in [0.25, 0.3) is 0 Å². The van der Waals surface area contributed by atoms with Crippen LogP contribution in [0.25, 0.3) is 119 Å². The third kappa shape index (κ3) is 6.47. The molecule has 0 radical (unpaired) electrons. The molecule has 62 heavy (non-hydrogen) atoms. The van der Waals surface area contributed by atoms with Gasteiger partial charge < -0.3 is 0 Å². The topological polar surface area (TPSA) is 38.7 Å². The Kier molecular flexibility index (Phi) is 8.87. The van der Waals surface area contributed by atoms with Crippen molar-refractivity contribution in [2.75, 3.05) is 0 Å². The Bertz CT molecular complexity index is 3610. The zero-order valence-electron chi connectivity index (χ0n) is 33.4. The van der Waals surface area contributed by atoms with Gasteiger partial charge in [-0.3, -0.25) is 0 Å². The van der Waals surface area contributed by atoms with E-state index in [1.807, 2.05) is 40.9 Å². The number of benzene rings is 9. The fourth-order valence-electron chi connectivity index (χ4n) is 8.69. The molecule has 290 valence electrons. The molecule has 0 N–H and O–H groups in total. The highest BCUT2D eigenvalue weighted by Crippen LogP contribution is 2.44. The average Bonchev–Trinajstić information content (AvgIpc) is 3.93. The Morgan fingerprint density at radius 3 is 1.39 bits per heavy atom. The molecule has 9 aromatic carbocycles. The summed E-state index contributed by atoms with van der Waals surface area (Å²) in [5.74, 6) is 1.89. The molecule has 0 amide bonds. The first-order chi connectivity index (χ1) is 30.7. The molecule has 3 heterocycles. The molecule has 0 spiro atoms. The Morgan fingerprint density at radius 1 is 0.242 bits per heavy atom. The summed E-state index contributed by atoms with van der Waals surface area (Å²) in [5, 5.41) is 5.06. The van der Waals surface area contributed by atoms with Crippen LogP contribution in [0.4, 0.5) is 0 Å². The highest BCUT2D eigenvalue weighted by atomic mass is 32.1. The molecule has 0 bridgehead atoms. The van der Waals surface area contributed by atoms with Crippen molar-refractivity contribution in [1.29, 1.82) is 0 Å². The fraction of sp³-hybridized carbons (Fsp3) is 0. The first kappa shape index (κ1) is 36.3. The highest BCUT2D eigenvalue weighted by Gasteiger charge is 2.20. The molecule has 12 aromatic rings. The average molecular weight is 826 g/mol. The maximum atomic E-state index is 5.36. The largest absolute Gasteiger partial charge is 0.208 e. The van der Waals surface area contributed by atoms with E-state index in [9.17, 15) is 0 Å². The van der Waals surface area contributed by atoms with Crippen LogP contribution in [-0.4, -0.2) is 15.0 Å². The van der Waals surface area contributed by atoms with E-state index in [1.54, 1.807) is 0 Å². The molecular weight excluding hydrogens is 791 g/mol. The van der Waals surface area contributed by atoms with E-state index >= 15 is 0 Å². The molecule has 0 fully saturated rings. The first-order valence-corrected chi connectivity index (χ1v) is 22.4. The van der Waals surface area contributed by atoms with Gasteiger partial charge in [0, 0.05) is 57.0 Å². The second kappa shape index (κ2) is 15.2. The third-order valence-corrected chi connectivity index (χ3v) is 14.1. The summed E-state index contributed by atoms with van der Waals surface area (Å²) in [6, 6.07) is 75.8. The smallest absolute Gasteiger partial charge is 0.164 e. The zero-order chi connectivity index (χ0) is 41.0. The van der Waals surface area contributed by atoms with Crippen LogP contribution >= 0.6 is 22.7 Å². The number of hydrogen-bond donors (Lipinski definition) is 0. The highest BCUT2D eigenvalue weighted by molar-refractivity contribution is 7.26. The lowest BCUT2D eigenvalue weighted by Gasteiger charge is -2.15. The van der Waals surface area contributed by atoms with Crippen LogP contribution in [-0.2, 0) is 0 Å². The summed E-state index contributed by atoms with van der Waals surface area (Å²) in [7, 11) is 0. The minimum atomic E-state index is 0.626. The molecule has 0 aliphatic heterocycles. The van der Waals surface area contributed by atoms with E-state index in [0.29, 0.717) is 17.5 Å². The van der Waals surface area contributed by atoms with Gasteiger partial charge in [-0.15, -0.1) is 22.7 Å². The lowest BCUT2D eigenvalue weighted by molar-refractivity contribution is 1.07. The molecule has 0 aliphatic carbocycles. The molecule has 12 rings (SSSR count). The van der Waals surface area contributed by atoms with Crippen LogP contribution in [0.1, 0.15) is 0 Å². The predicted octanol–water partition coefficient (Wildman–Crippen LogP) is 16.3. The van der Waals surface area contributed by atoms with E-state index in [-0.39, 0.29) is 0 Å². The van der Waals surface area contributed by atoms with Crippen LogP contribution in [0.2, 0.25) is 0 Å². The lowest BCUT2D eigenvalue weighted by atomic mass is 9.91. The normalized spacial score (nSPS) is 11.5. The molecule has 3 aromatic heterocycles. The quantitative estimate of drug-likeness (QED) is 0.161. The van der Waals surface area contributed by atoms with Crippen LogP contribution in [0.3, 0.4) is 0 Å². The van der Waals surface area contributed by atoms with Crippen molar-refractivity contribution in [1.82, 2.24) is 15.0 Å². The van der Waals surface area contributed by atoms with Gasteiger partial charge in [-0.05, 0) is 80.9 Å². The van der Waals surface area contributed by atoms with Crippen LogP contribution < -0.4 is 0 Å². The first-order valence-electron chi connectivity index (χ1n) is 20.7. The van der Waals surface area contributed by atoms with Gasteiger partial charge in [-0.2, -0.15) is 0 Å². The number of aromatic nitrogens is 3. The van der Waals surface area contributed by atoms with Crippen molar-refractivity contribution in [2.45, 2.75) is 0 Å². The van der Waals surface area contributed by atoms with E-state index in [0.717, 1.165) is 50.1 Å². The molecule has 3 nitrogen and oxygen atoms in total. The van der Waals surface area contributed by atoms with E-state index in [2.05, 4.69) is 194 Å². The van der Waals surface area contributed by atoms with Gasteiger partial charge in [-0.1, -0.05) is 176 Å². The molecule has 0 atom stereocenters. The third-order valence-electron chi connectivity index (χ3n) is 11.8. The van der Waals surface area contributed by atoms with E-state index < -0.39 is 0 Å². The van der Waals surface area contributed by atoms with Crippen molar-refractivity contribution in [3.63, 3.8) is 0 Å². The summed E-state index contributed by atoms with van der Waals surface area (Å²) in [6.07, 6.45) is 0. The minimum absolute atomic E-state index is 0.626. The van der Waals surface area contributed by atoms with Gasteiger partial charge >= 0.3 is 0 Å². The van der Waals surface area contributed by atoms with Crippen LogP contribution in [0, 0.1) is 0 Å². The number of nitrogens with zero attached hydrogens (tertiary/aromatic N) is 3. The van der Waals surface area contributed by atoms with Gasteiger partial charge in [0.15, 0.2) is 17.5 Å². The van der Waals surface area contributed by atoms with Crippen molar-refractivity contribution < 1.29 is 0 Å². The van der Waals surface area contributed by atoms with Crippen molar-refractivity contribution in [3.8, 4) is 78.7 Å². The van der Waals surface area contributed by atoms with Gasteiger partial charge in [0.2, 0.25) is 0 Å². The zero-order valence-corrected chi connectivity index (χ0v) is 35.0. The van der Waals surface area contributed by atoms with Crippen molar-refractivity contribution in [2.24, 2.45) is 0 Å². The second-order valence-electron chi connectivity index (χ2n) is 15.5. The fourth-order valence-corrected chi connectivity index (χ4v) is 10.9. The van der Waals surface area contributed by atoms with Crippen LogP contribution in [0.5, 0.6) is 0 Å². The Hall–Kier alpha value is -7.57. The maximum absolute atomic E-state index is 5.36. The maximum Gasteiger partial charge on any atom is 0.164 e. The standard InChI is InChI=1S/C57H35N3S2/c1-3-12-36(13-4-1)37-22-24-38(25-23-37)39-26-28-41(29-27-39)56-58-55(40-14-5-2-6-15-40)59-57(60-56)49-35-42(43-31-33-52-48(34-43)45-16-7-9-19-50(45)61-52)30-32-44(49)46-18-11-21-53-54(46)47-17-8-10-20-51(47)62-53/h1-35H. The number of fused-ring (bicyclic) bond motifs is 6. The molecule has 0 saturated carbocycles.